The molecule has 2 aliphatic carbocycles. The Bertz CT molecular complexity index is 1750. The van der Waals surface area contributed by atoms with E-state index in [2.05, 4.69) is 43.2 Å². The molecule has 1 unspecified atom stereocenters. The van der Waals surface area contributed by atoms with Crippen LogP contribution in [-0.2, 0) is 36.0 Å². The van der Waals surface area contributed by atoms with E-state index in [0.717, 1.165) is 94.5 Å². The average Bonchev–Trinajstić information content (AvgIpc) is 3.26. The quantitative estimate of drug-likeness (QED) is 0.362. The van der Waals surface area contributed by atoms with Crippen LogP contribution < -0.4 is 14.4 Å². The van der Waals surface area contributed by atoms with Crippen molar-refractivity contribution in [3.63, 3.8) is 0 Å². The van der Waals surface area contributed by atoms with Crippen LogP contribution in [0.15, 0.2) is 52.9 Å². The molecule has 10 nitrogen and oxygen atoms in total. The summed E-state index contributed by atoms with van der Waals surface area (Å²) in [5.41, 5.74) is 3.48. The van der Waals surface area contributed by atoms with Crippen LogP contribution in [0.3, 0.4) is 0 Å². The second kappa shape index (κ2) is 16.0. The number of hydrogen-bond acceptors (Lipinski definition) is 8. The SMILES string of the molecule is CCC(=O)NS1(=O)=NC(=O)c2ccc3c(c2)N(C[C@@H]2CC[C@H]2[C@@H](OCCN2CCOCC2)/C=C/CCC1)C[C@@]1(CCCc2cc(Cl)ccc21)CO3. The topological polar surface area (TPSA) is 110 Å². The van der Waals surface area contributed by atoms with Gasteiger partial charge >= 0.3 is 0 Å². The third-order valence-corrected chi connectivity index (χ3v) is 13.5. The van der Waals surface area contributed by atoms with Crippen molar-refractivity contribution >= 4 is 39.0 Å². The third-order valence-electron chi connectivity index (χ3n) is 11.4. The number of amides is 2. The van der Waals surface area contributed by atoms with Gasteiger partial charge in [0.15, 0.2) is 0 Å². The molecule has 276 valence electrons. The monoisotopic (exact) mass is 738 g/mol. The van der Waals surface area contributed by atoms with Crippen LogP contribution in [0.4, 0.5) is 5.69 Å². The molecule has 1 N–H and O–H groups in total. The number of carbonyl (C=O) groups excluding carboxylic acids is 2. The molecule has 0 aromatic heterocycles. The van der Waals surface area contributed by atoms with Gasteiger partial charge in [0.2, 0.25) is 5.91 Å². The number of rotatable bonds is 6. The second-order valence-corrected chi connectivity index (χ2v) is 17.3. The van der Waals surface area contributed by atoms with E-state index in [4.69, 9.17) is 25.8 Å². The predicted molar refractivity (Wildman–Crippen MR) is 200 cm³/mol. The number of benzene rings is 2. The summed E-state index contributed by atoms with van der Waals surface area (Å²) < 4.78 is 39.7. The number of nitrogens with zero attached hydrogens (tertiary/aromatic N) is 3. The van der Waals surface area contributed by atoms with Gasteiger partial charge in [-0.3, -0.25) is 19.2 Å². The molecule has 51 heavy (non-hydrogen) atoms. The average molecular weight is 739 g/mol. The van der Waals surface area contributed by atoms with Crippen molar-refractivity contribution in [2.24, 2.45) is 16.2 Å². The van der Waals surface area contributed by atoms with E-state index in [1.807, 2.05) is 18.2 Å². The van der Waals surface area contributed by atoms with Crippen LogP contribution in [0.2, 0.25) is 5.02 Å². The Kier molecular flexibility index (Phi) is 11.4. The van der Waals surface area contributed by atoms with Gasteiger partial charge in [0, 0.05) is 55.1 Å². The van der Waals surface area contributed by atoms with E-state index >= 15 is 0 Å². The highest BCUT2D eigenvalue weighted by atomic mass is 35.5. The predicted octanol–water partition coefficient (Wildman–Crippen LogP) is 5.96. The number of morpholine rings is 1. The summed E-state index contributed by atoms with van der Waals surface area (Å²) in [4.78, 5) is 31.0. The molecule has 2 aromatic rings. The van der Waals surface area contributed by atoms with E-state index in [1.165, 1.54) is 11.1 Å². The fraction of sp³-hybridized carbons (Fsp3) is 0.590. The first-order valence-electron chi connectivity index (χ1n) is 18.7. The lowest BCUT2D eigenvalue weighted by atomic mass is 9.68. The lowest BCUT2D eigenvalue weighted by Crippen LogP contribution is -2.50. The summed E-state index contributed by atoms with van der Waals surface area (Å²) >= 11 is 6.48. The van der Waals surface area contributed by atoms with Crippen molar-refractivity contribution in [3.8, 4) is 5.75 Å². The number of ether oxygens (including phenoxy) is 3. The van der Waals surface area contributed by atoms with Gasteiger partial charge in [-0.25, -0.2) is 4.21 Å². The molecule has 3 aliphatic heterocycles. The molecule has 7 rings (SSSR count). The summed E-state index contributed by atoms with van der Waals surface area (Å²) in [6.07, 6.45) is 10.7. The number of allylic oxidation sites excluding steroid dienone is 1. The van der Waals surface area contributed by atoms with Gasteiger partial charge in [0.05, 0.1) is 44.0 Å². The highest BCUT2D eigenvalue weighted by Crippen LogP contribution is 2.47. The zero-order valence-corrected chi connectivity index (χ0v) is 31.2. The molecule has 0 radical (unpaired) electrons. The second-order valence-electron chi connectivity index (χ2n) is 14.8. The van der Waals surface area contributed by atoms with Gasteiger partial charge in [-0.1, -0.05) is 36.7 Å². The smallest absolute Gasteiger partial charge is 0.286 e. The summed E-state index contributed by atoms with van der Waals surface area (Å²) in [7, 11) is -3.34. The summed E-state index contributed by atoms with van der Waals surface area (Å²) in [6, 6.07) is 11.7. The molecule has 2 amide bonds. The highest BCUT2D eigenvalue weighted by Gasteiger charge is 2.44. The minimum atomic E-state index is -3.34. The standard InChI is InChI=1S/C39H51ClN4O6S/c1-2-37(45)41-51(47)22-5-3-4-8-35(49-21-18-43-16-19-48-20-17-43)32-12-9-30(32)25-44-26-39(15-6-7-28-23-31(40)11-13-33(28)39)27-50-36-14-10-29(24-34(36)44)38(46)42-51/h4,8,10-11,13-14,23-24,30,32,35H,2-3,5-7,9,12,15-22,25-27H2,1H3,(H,41,42,45,46,47)/b8-4+/t30-,32+,35-,39-,51?/m0/s1. The number of halogens is 1. The van der Waals surface area contributed by atoms with Crippen molar-refractivity contribution in [1.82, 2.24) is 9.62 Å². The summed E-state index contributed by atoms with van der Waals surface area (Å²) in [6.45, 7) is 8.61. The Morgan fingerprint density at radius 1 is 1.16 bits per heavy atom. The lowest BCUT2D eigenvalue weighted by molar-refractivity contribution is -0.118. The van der Waals surface area contributed by atoms with Crippen molar-refractivity contribution in [2.45, 2.75) is 69.8 Å². The Morgan fingerprint density at radius 3 is 2.82 bits per heavy atom. The number of nitrogens with one attached hydrogen (secondary N) is 1. The van der Waals surface area contributed by atoms with Gasteiger partial charge < -0.3 is 19.1 Å². The van der Waals surface area contributed by atoms with Crippen LogP contribution in [0.25, 0.3) is 0 Å². The third kappa shape index (κ3) is 8.33. The van der Waals surface area contributed by atoms with Crippen LogP contribution in [-0.4, -0.2) is 91.9 Å². The Morgan fingerprint density at radius 2 is 2.02 bits per heavy atom. The minimum absolute atomic E-state index is 0.0475. The molecule has 2 bridgehead atoms. The first kappa shape index (κ1) is 36.4. The Labute approximate surface area is 307 Å². The van der Waals surface area contributed by atoms with E-state index in [0.29, 0.717) is 43.5 Å². The van der Waals surface area contributed by atoms with Gasteiger partial charge in [-0.05, 0) is 98.2 Å². The number of anilines is 1. The fourth-order valence-electron chi connectivity index (χ4n) is 8.43. The van der Waals surface area contributed by atoms with Crippen molar-refractivity contribution in [1.29, 1.82) is 0 Å². The van der Waals surface area contributed by atoms with E-state index in [-0.39, 0.29) is 23.7 Å². The lowest BCUT2D eigenvalue weighted by Gasteiger charge is -2.46. The molecule has 12 heteroatoms. The number of hydrogen-bond donors (Lipinski definition) is 1. The Balaban J connectivity index is 1.24. The first-order valence-corrected chi connectivity index (χ1v) is 20.8. The number of carbonyl (C=O) groups is 2. The maximum absolute atomic E-state index is 14.0. The zero-order valence-electron chi connectivity index (χ0n) is 29.7. The van der Waals surface area contributed by atoms with Crippen LogP contribution in [0, 0.1) is 11.8 Å². The molecule has 2 fully saturated rings. The van der Waals surface area contributed by atoms with Gasteiger partial charge in [-0.15, -0.1) is 4.36 Å². The fourth-order valence-corrected chi connectivity index (χ4v) is 10.3. The molecule has 5 atom stereocenters. The van der Waals surface area contributed by atoms with Gasteiger partial charge in [0.25, 0.3) is 5.91 Å². The molecule has 3 heterocycles. The first-order chi connectivity index (χ1) is 24.7. The van der Waals surface area contributed by atoms with Crippen molar-refractivity contribution in [2.75, 3.05) is 69.8 Å². The Hall–Kier alpha value is -2.96. The number of aryl methyl sites for hydroxylation is 1. The number of fused-ring (bicyclic) bond motifs is 4. The van der Waals surface area contributed by atoms with Gasteiger partial charge in [0.1, 0.15) is 15.7 Å². The molecule has 1 saturated heterocycles. The van der Waals surface area contributed by atoms with E-state index in [1.54, 1.807) is 13.0 Å². The molecule has 5 aliphatic rings. The van der Waals surface area contributed by atoms with Crippen LogP contribution in [0.5, 0.6) is 5.75 Å². The maximum Gasteiger partial charge on any atom is 0.286 e. The molecule has 2 aromatic carbocycles. The van der Waals surface area contributed by atoms with E-state index in [9.17, 15) is 13.8 Å². The molecule has 1 saturated carbocycles. The molecule has 1 spiro atoms. The normalized spacial score (nSPS) is 30.5. The zero-order chi connectivity index (χ0) is 35.4. The molecular formula is C39H51ClN4O6S. The summed E-state index contributed by atoms with van der Waals surface area (Å²) in [5, 5.41) is 0.747. The maximum atomic E-state index is 14.0. The van der Waals surface area contributed by atoms with Crippen LogP contribution in [0.1, 0.15) is 73.4 Å². The largest absolute Gasteiger partial charge is 0.490 e. The van der Waals surface area contributed by atoms with Crippen LogP contribution >= 0.6 is 11.6 Å². The van der Waals surface area contributed by atoms with E-state index < -0.39 is 21.7 Å². The minimum Gasteiger partial charge on any atom is -0.490 e. The van der Waals surface area contributed by atoms with Crippen molar-refractivity contribution in [3.05, 3.63) is 70.3 Å². The van der Waals surface area contributed by atoms with Gasteiger partial charge in [-0.2, -0.15) is 0 Å². The summed E-state index contributed by atoms with van der Waals surface area (Å²) in [5.74, 6) is 0.530. The van der Waals surface area contributed by atoms with Crippen molar-refractivity contribution < 1.29 is 28.0 Å². The molecular weight excluding hydrogens is 688 g/mol. The highest BCUT2D eigenvalue weighted by molar-refractivity contribution is 7.92.